The Kier molecular flexibility index (Phi) is 7.07. The molecule has 0 radical (unpaired) electrons. The minimum Gasteiger partial charge on any atom is -0.492 e. The van der Waals surface area contributed by atoms with E-state index in [0.717, 1.165) is 17.9 Å². The standard InChI is InChI=1S/C20H26N2OS/c1-4-23-19-13-9-8-12-17(19)21-20(24)22-18(14-15(2)3)16-10-6-5-7-11-16/h5-13,15,18H,4,14H2,1-3H3,(H2,21,22,24)/t18-/m1/s1. The maximum absolute atomic E-state index is 5.64. The maximum Gasteiger partial charge on any atom is 0.171 e. The molecule has 24 heavy (non-hydrogen) atoms. The highest BCUT2D eigenvalue weighted by molar-refractivity contribution is 7.80. The van der Waals surface area contributed by atoms with Crippen LogP contribution in [0.2, 0.25) is 0 Å². The van der Waals surface area contributed by atoms with Gasteiger partial charge in [-0.15, -0.1) is 0 Å². The predicted octanol–water partition coefficient (Wildman–Crippen LogP) is 5.16. The average molecular weight is 343 g/mol. The third-order valence-corrected chi connectivity index (χ3v) is 3.87. The third-order valence-electron chi connectivity index (χ3n) is 3.65. The minimum absolute atomic E-state index is 0.186. The highest BCUT2D eigenvalue weighted by Gasteiger charge is 2.15. The molecule has 0 saturated heterocycles. The lowest BCUT2D eigenvalue weighted by Crippen LogP contribution is -2.33. The van der Waals surface area contributed by atoms with Crippen molar-refractivity contribution in [3.8, 4) is 5.75 Å². The number of thiocarbonyl (C=S) groups is 1. The number of anilines is 1. The average Bonchev–Trinajstić information content (AvgIpc) is 2.57. The Hall–Kier alpha value is -2.07. The van der Waals surface area contributed by atoms with Gasteiger partial charge in [0.25, 0.3) is 0 Å². The van der Waals surface area contributed by atoms with Crippen LogP contribution in [0, 0.1) is 5.92 Å². The number of ether oxygens (including phenoxy) is 1. The fourth-order valence-corrected chi connectivity index (χ4v) is 2.86. The number of para-hydroxylation sites is 2. The molecule has 2 rings (SSSR count). The van der Waals surface area contributed by atoms with E-state index >= 15 is 0 Å². The van der Waals surface area contributed by atoms with Crippen LogP contribution in [-0.2, 0) is 0 Å². The van der Waals surface area contributed by atoms with E-state index in [1.54, 1.807) is 0 Å². The van der Waals surface area contributed by atoms with Crippen LogP contribution in [0.25, 0.3) is 0 Å². The number of hydrogen-bond donors (Lipinski definition) is 2. The van der Waals surface area contributed by atoms with Gasteiger partial charge in [-0.05, 0) is 49.2 Å². The van der Waals surface area contributed by atoms with Gasteiger partial charge in [-0.25, -0.2) is 0 Å². The van der Waals surface area contributed by atoms with Gasteiger partial charge in [0.15, 0.2) is 5.11 Å². The van der Waals surface area contributed by atoms with Gasteiger partial charge < -0.3 is 15.4 Å². The lowest BCUT2D eigenvalue weighted by molar-refractivity contribution is 0.342. The number of nitrogens with one attached hydrogen (secondary N) is 2. The normalized spacial score (nSPS) is 11.8. The first-order valence-electron chi connectivity index (χ1n) is 8.44. The fraction of sp³-hybridized carbons (Fsp3) is 0.350. The van der Waals surface area contributed by atoms with E-state index in [9.17, 15) is 0 Å². The van der Waals surface area contributed by atoms with Gasteiger partial charge in [0, 0.05) is 0 Å². The zero-order valence-corrected chi connectivity index (χ0v) is 15.4. The molecule has 0 heterocycles. The van der Waals surface area contributed by atoms with E-state index in [0.29, 0.717) is 17.6 Å². The highest BCUT2D eigenvalue weighted by Crippen LogP contribution is 2.25. The van der Waals surface area contributed by atoms with Gasteiger partial charge in [0.05, 0.1) is 18.3 Å². The van der Waals surface area contributed by atoms with Crippen LogP contribution in [0.15, 0.2) is 54.6 Å². The van der Waals surface area contributed by atoms with Crippen LogP contribution in [0.4, 0.5) is 5.69 Å². The summed E-state index contributed by atoms with van der Waals surface area (Å²) in [5.74, 6) is 1.38. The molecule has 3 nitrogen and oxygen atoms in total. The molecule has 0 unspecified atom stereocenters. The van der Waals surface area contributed by atoms with E-state index in [-0.39, 0.29) is 6.04 Å². The zero-order valence-electron chi connectivity index (χ0n) is 14.6. The molecule has 0 amide bonds. The summed E-state index contributed by atoms with van der Waals surface area (Å²) in [6, 6.07) is 18.4. The SMILES string of the molecule is CCOc1ccccc1NC(=S)N[C@H](CC(C)C)c1ccccc1. The number of hydrogen-bond acceptors (Lipinski definition) is 2. The Morgan fingerprint density at radius 3 is 2.38 bits per heavy atom. The predicted molar refractivity (Wildman–Crippen MR) is 106 cm³/mol. The smallest absolute Gasteiger partial charge is 0.171 e. The van der Waals surface area contributed by atoms with Crippen molar-refractivity contribution < 1.29 is 4.74 Å². The second kappa shape index (κ2) is 9.28. The molecule has 0 aliphatic rings. The van der Waals surface area contributed by atoms with Crippen LogP contribution in [0.5, 0.6) is 5.75 Å². The summed E-state index contributed by atoms with van der Waals surface area (Å²) in [4.78, 5) is 0. The Balaban J connectivity index is 2.08. The van der Waals surface area contributed by atoms with Crippen molar-refractivity contribution in [3.05, 3.63) is 60.2 Å². The molecule has 0 fully saturated rings. The van der Waals surface area contributed by atoms with Crippen LogP contribution in [-0.4, -0.2) is 11.7 Å². The van der Waals surface area contributed by atoms with Gasteiger partial charge in [-0.1, -0.05) is 56.3 Å². The quantitative estimate of drug-likeness (QED) is 0.681. The second-order valence-corrected chi connectivity index (χ2v) is 6.53. The first-order valence-corrected chi connectivity index (χ1v) is 8.85. The van der Waals surface area contributed by atoms with Crippen LogP contribution >= 0.6 is 12.2 Å². The Bertz CT molecular complexity index is 643. The lowest BCUT2D eigenvalue weighted by Gasteiger charge is -2.23. The van der Waals surface area contributed by atoms with Crippen molar-refractivity contribution >= 4 is 23.0 Å². The molecule has 0 aromatic heterocycles. The number of rotatable bonds is 7. The summed E-state index contributed by atoms with van der Waals surface area (Å²) in [6.45, 7) is 7.04. The van der Waals surface area contributed by atoms with E-state index in [2.05, 4.69) is 48.7 Å². The summed E-state index contributed by atoms with van der Waals surface area (Å²) in [7, 11) is 0. The van der Waals surface area contributed by atoms with Crippen LogP contribution < -0.4 is 15.4 Å². The molecule has 4 heteroatoms. The molecule has 0 saturated carbocycles. The Labute approximate surface area is 150 Å². The summed E-state index contributed by atoms with van der Waals surface area (Å²) >= 11 is 5.53. The van der Waals surface area contributed by atoms with Crippen LogP contribution in [0.1, 0.15) is 38.8 Å². The molecular weight excluding hydrogens is 316 g/mol. The van der Waals surface area contributed by atoms with Gasteiger partial charge in [-0.2, -0.15) is 0 Å². The summed E-state index contributed by atoms with van der Waals surface area (Å²) in [6.07, 6.45) is 1.01. The molecule has 1 atom stereocenters. The molecule has 0 bridgehead atoms. The summed E-state index contributed by atoms with van der Waals surface area (Å²) < 4.78 is 5.64. The number of benzene rings is 2. The minimum atomic E-state index is 0.186. The zero-order chi connectivity index (χ0) is 17.4. The van der Waals surface area contributed by atoms with Gasteiger partial charge in [0.2, 0.25) is 0 Å². The highest BCUT2D eigenvalue weighted by atomic mass is 32.1. The first-order chi connectivity index (χ1) is 11.6. The molecule has 0 aliphatic heterocycles. The topological polar surface area (TPSA) is 33.3 Å². The maximum atomic E-state index is 5.64. The van der Waals surface area contributed by atoms with E-state index in [1.807, 2.05) is 37.3 Å². The summed E-state index contributed by atoms with van der Waals surface area (Å²) in [5, 5.41) is 7.32. The van der Waals surface area contributed by atoms with Crippen LogP contribution in [0.3, 0.4) is 0 Å². The molecular formula is C20H26N2OS. The Morgan fingerprint density at radius 2 is 1.71 bits per heavy atom. The molecule has 0 aliphatic carbocycles. The van der Waals surface area contributed by atoms with Crippen molar-refractivity contribution in [2.24, 2.45) is 5.92 Å². The van der Waals surface area contributed by atoms with Crippen molar-refractivity contribution in [1.82, 2.24) is 5.32 Å². The van der Waals surface area contributed by atoms with Crippen molar-refractivity contribution in [2.45, 2.75) is 33.2 Å². The first kappa shape index (κ1) is 18.3. The lowest BCUT2D eigenvalue weighted by atomic mass is 9.97. The van der Waals surface area contributed by atoms with E-state index < -0.39 is 0 Å². The van der Waals surface area contributed by atoms with Gasteiger partial charge >= 0.3 is 0 Å². The monoisotopic (exact) mass is 342 g/mol. The molecule has 128 valence electrons. The summed E-state index contributed by atoms with van der Waals surface area (Å²) in [5.41, 5.74) is 2.13. The Morgan fingerprint density at radius 1 is 1.04 bits per heavy atom. The largest absolute Gasteiger partial charge is 0.492 e. The van der Waals surface area contributed by atoms with E-state index in [4.69, 9.17) is 17.0 Å². The molecule has 2 N–H and O–H groups in total. The molecule has 0 spiro atoms. The second-order valence-electron chi connectivity index (χ2n) is 6.12. The van der Waals surface area contributed by atoms with E-state index in [1.165, 1.54) is 5.56 Å². The van der Waals surface area contributed by atoms with Crippen molar-refractivity contribution in [2.75, 3.05) is 11.9 Å². The van der Waals surface area contributed by atoms with Gasteiger partial charge in [-0.3, -0.25) is 0 Å². The molecule has 2 aromatic rings. The fourth-order valence-electron chi connectivity index (χ4n) is 2.60. The molecule has 2 aromatic carbocycles. The van der Waals surface area contributed by atoms with Crippen molar-refractivity contribution in [1.29, 1.82) is 0 Å². The van der Waals surface area contributed by atoms with Crippen molar-refractivity contribution in [3.63, 3.8) is 0 Å². The third kappa shape index (κ3) is 5.53. The van der Waals surface area contributed by atoms with Gasteiger partial charge in [0.1, 0.15) is 5.75 Å².